The summed E-state index contributed by atoms with van der Waals surface area (Å²) in [5, 5.41) is -0.0555. The molecule has 0 bridgehead atoms. The van der Waals surface area contributed by atoms with Gasteiger partial charge in [-0.3, -0.25) is 0 Å². The van der Waals surface area contributed by atoms with Crippen molar-refractivity contribution in [2.75, 3.05) is 20.5 Å². The molecular formula is C26H42O7Si. The van der Waals surface area contributed by atoms with Crippen LogP contribution in [0.3, 0.4) is 0 Å². The minimum absolute atomic E-state index is 0.0555. The van der Waals surface area contributed by atoms with Crippen molar-refractivity contribution in [1.82, 2.24) is 0 Å². The molecule has 0 N–H and O–H groups in total. The zero-order valence-electron chi connectivity index (χ0n) is 21.8. The maximum absolute atomic E-state index is 13.3. The van der Waals surface area contributed by atoms with Gasteiger partial charge in [-0.2, -0.15) is 0 Å². The molecule has 2 aliphatic rings. The van der Waals surface area contributed by atoms with E-state index in [9.17, 15) is 4.79 Å². The summed E-state index contributed by atoms with van der Waals surface area (Å²) < 4.78 is 36.2. The molecule has 1 saturated carbocycles. The highest BCUT2D eigenvalue weighted by Crippen LogP contribution is 2.49. The monoisotopic (exact) mass is 494 g/mol. The normalized spacial score (nSPS) is 29.6. The fraction of sp³-hybridized carbons (Fsp3) is 0.731. The zero-order valence-corrected chi connectivity index (χ0v) is 22.8. The molecule has 1 aliphatic carbocycles. The van der Waals surface area contributed by atoms with E-state index >= 15 is 0 Å². The fourth-order valence-corrected chi connectivity index (χ4v) is 6.23. The van der Waals surface area contributed by atoms with Crippen LogP contribution in [-0.4, -0.2) is 58.9 Å². The first kappa shape index (κ1) is 27.3. The highest BCUT2D eigenvalue weighted by Gasteiger charge is 2.59. The van der Waals surface area contributed by atoms with Crippen LogP contribution in [0.1, 0.15) is 52.5 Å². The molecule has 1 heterocycles. The Labute approximate surface area is 205 Å². The minimum atomic E-state index is -2.29. The maximum atomic E-state index is 13.3. The molecule has 2 fully saturated rings. The van der Waals surface area contributed by atoms with E-state index in [1.165, 1.54) is 7.11 Å². The summed E-state index contributed by atoms with van der Waals surface area (Å²) in [5.41, 5.74) is -0.000621. The number of fused-ring (bicyclic) bond motifs is 1. The molecular weight excluding hydrogens is 452 g/mol. The van der Waals surface area contributed by atoms with Crippen molar-refractivity contribution >= 4 is 14.3 Å². The van der Waals surface area contributed by atoms with Crippen LogP contribution < -0.4 is 0 Å². The number of rotatable bonds is 10. The van der Waals surface area contributed by atoms with Crippen LogP contribution in [0.2, 0.25) is 18.1 Å². The quantitative estimate of drug-likeness (QED) is 0.195. The van der Waals surface area contributed by atoms with E-state index in [0.29, 0.717) is 32.5 Å². The van der Waals surface area contributed by atoms with E-state index in [1.807, 2.05) is 37.3 Å². The van der Waals surface area contributed by atoms with Gasteiger partial charge in [0.15, 0.2) is 20.2 Å². The molecule has 0 aromatic heterocycles. The molecule has 1 unspecified atom stereocenters. The summed E-state index contributed by atoms with van der Waals surface area (Å²) in [7, 11) is -0.863. The molecule has 34 heavy (non-hydrogen) atoms. The summed E-state index contributed by atoms with van der Waals surface area (Å²) in [6.07, 6.45) is 0.730. The molecule has 8 heteroatoms. The number of carbonyl (C=O) groups excluding carboxylic acids is 1. The van der Waals surface area contributed by atoms with Gasteiger partial charge in [0.1, 0.15) is 6.79 Å². The van der Waals surface area contributed by atoms with Crippen LogP contribution in [-0.2, 0) is 39.5 Å². The van der Waals surface area contributed by atoms with Crippen LogP contribution in [0.5, 0.6) is 0 Å². The van der Waals surface area contributed by atoms with Gasteiger partial charge in [0, 0.05) is 19.4 Å². The fourth-order valence-electron chi connectivity index (χ4n) is 4.70. The van der Waals surface area contributed by atoms with E-state index in [-0.39, 0.29) is 42.2 Å². The number of carbonyl (C=O) groups is 1. The Hall–Kier alpha value is -1.29. The van der Waals surface area contributed by atoms with Crippen LogP contribution in [0.4, 0.5) is 0 Å². The predicted molar refractivity (Wildman–Crippen MR) is 132 cm³/mol. The second kappa shape index (κ2) is 11.2. The van der Waals surface area contributed by atoms with Crippen LogP contribution in [0.15, 0.2) is 30.3 Å². The van der Waals surface area contributed by atoms with Crippen LogP contribution in [0.25, 0.3) is 0 Å². The molecule has 0 radical (unpaired) electrons. The number of esters is 1. The molecule has 7 nitrogen and oxygen atoms in total. The Morgan fingerprint density at radius 2 is 1.85 bits per heavy atom. The zero-order chi connectivity index (χ0) is 25.0. The van der Waals surface area contributed by atoms with Gasteiger partial charge in [0.05, 0.1) is 25.9 Å². The Morgan fingerprint density at radius 3 is 2.47 bits per heavy atom. The van der Waals surface area contributed by atoms with Crippen molar-refractivity contribution in [2.45, 2.75) is 95.8 Å². The second-order valence-corrected chi connectivity index (χ2v) is 15.6. The van der Waals surface area contributed by atoms with Crippen molar-refractivity contribution in [3.8, 4) is 0 Å². The van der Waals surface area contributed by atoms with Gasteiger partial charge in [0.2, 0.25) is 0 Å². The van der Waals surface area contributed by atoms with E-state index in [4.69, 9.17) is 28.1 Å². The van der Waals surface area contributed by atoms with Crippen molar-refractivity contribution < 1.29 is 32.9 Å². The Morgan fingerprint density at radius 1 is 1.15 bits per heavy atom. The summed E-state index contributed by atoms with van der Waals surface area (Å²) in [5.74, 6) is -0.275. The average molecular weight is 495 g/mol. The molecule has 5 atom stereocenters. The lowest BCUT2D eigenvalue weighted by Gasteiger charge is -2.49. The highest BCUT2D eigenvalue weighted by atomic mass is 28.4. The number of benzene rings is 1. The first-order chi connectivity index (χ1) is 16.0. The minimum Gasteiger partial charge on any atom is -0.467 e. The van der Waals surface area contributed by atoms with Gasteiger partial charge in [0.25, 0.3) is 0 Å². The Bertz CT molecular complexity index is 794. The largest absolute Gasteiger partial charge is 0.467 e. The SMILES string of the molecule is CCOC1C[C@@H]2C[C@@](O[Si](C)(C)C(C)(C)C)(C(=O)OC)C[C@@H](OCOCc3ccccc3)[C@@H]2O1. The summed E-state index contributed by atoms with van der Waals surface area (Å²) in [6.45, 7) is 13.9. The molecule has 0 spiro atoms. The van der Waals surface area contributed by atoms with Gasteiger partial charge in [-0.05, 0) is 43.0 Å². The summed E-state index contributed by atoms with van der Waals surface area (Å²) >= 11 is 0. The number of hydrogen-bond acceptors (Lipinski definition) is 7. The maximum Gasteiger partial charge on any atom is 0.337 e. The molecule has 1 saturated heterocycles. The Balaban J connectivity index is 1.79. The standard InChI is InChI=1S/C26H42O7Si/c1-8-30-22-14-20-15-26(24(27)28-5,33-34(6,7)25(2,3)4)16-21(23(20)32-22)31-18-29-17-19-12-10-9-11-13-19/h9-13,20-23H,8,14-18H2,1-7H3/t20-,21-,22?,23-,26+/m1/s1. The third-order valence-corrected chi connectivity index (χ3v) is 11.9. The molecule has 1 aliphatic heterocycles. The summed E-state index contributed by atoms with van der Waals surface area (Å²) in [4.78, 5) is 13.3. The van der Waals surface area contributed by atoms with E-state index in [2.05, 4.69) is 33.9 Å². The molecule has 1 aromatic carbocycles. The highest BCUT2D eigenvalue weighted by molar-refractivity contribution is 6.74. The molecule has 192 valence electrons. The van der Waals surface area contributed by atoms with E-state index in [1.54, 1.807) is 0 Å². The summed E-state index contributed by atoms with van der Waals surface area (Å²) in [6, 6.07) is 9.96. The van der Waals surface area contributed by atoms with Crippen molar-refractivity contribution in [2.24, 2.45) is 5.92 Å². The number of hydrogen-bond donors (Lipinski definition) is 0. The number of ether oxygens (including phenoxy) is 5. The van der Waals surface area contributed by atoms with Gasteiger partial charge in [-0.15, -0.1) is 0 Å². The Kier molecular flexibility index (Phi) is 8.98. The van der Waals surface area contributed by atoms with E-state index < -0.39 is 13.9 Å². The third kappa shape index (κ3) is 6.28. The number of methoxy groups -OCH3 is 1. The topological polar surface area (TPSA) is 72.5 Å². The van der Waals surface area contributed by atoms with Gasteiger partial charge in [-0.25, -0.2) is 4.79 Å². The lowest BCUT2D eigenvalue weighted by atomic mass is 9.74. The third-order valence-electron chi connectivity index (χ3n) is 7.40. The van der Waals surface area contributed by atoms with Crippen LogP contribution >= 0.6 is 0 Å². The molecule has 0 amide bonds. The lowest BCUT2D eigenvalue weighted by Crippen LogP contribution is -2.60. The smallest absolute Gasteiger partial charge is 0.337 e. The van der Waals surface area contributed by atoms with Crippen molar-refractivity contribution in [3.05, 3.63) is 35.9 Å². The molecule has 3 rings (SSSR count). The first-order valence-electron chi connectivity index (χ1n) is 12.3. The predicted octanol–water partition coefficient (Wildman–Crippen LogP) is 5.04. The van der Waals surface area contributed by atoms with Crippen molar-refractivity contribution in [3.63, 3.8) is 0 Å². The van der Waals surface area contributed by atoms with Crippen LogP contribution in [0, 0.1) is 5.92 Å². The van der Waals surface area contributed by atoms with Gasteiger partial charge in [-0.1, -0.05) is 51.1 Å². The van der Waals surface area contributed by atoms with Gasteiger partial charge >= 0.3 is 5.97 Å². The first-order valence-corrected chi connectivity index (χ1v) is 15.2. The van der Waals surface area contributed by atoms with Crippen molar-refractivity contribution in [1.29, 1.82) is 0 Å². The second-order valence-electron chi connectivity index (χ2n) is 10.9. The molecule has 1 aromatic rings. The lowest BCUT2D eigenvalue weighted by molar-refractivity contribution is -0.212. The van der Waals surface area contributed by atoms with Gasteiger partial charge < -0.3 is 28.1 Å². The average Bonchev–Trinajstić information content (AvgIpc) is 3.18. The van der Waals surface area contributed by atoms with E-state index in [0.717, 1.165) is 5.56 Å².